The molecule has 2 amide bonds. The summed E-state index contributed by atoms with van der Waals surface area (Å²) in [5.41, 5.74) is 0.533. The van der Waals surface area contributed by atoms with E-state index in [2.05, 4.69) is 10.3 Å². The molecule has 1 saturated heterocycles. The van der Waals surface area contributed by atoms with Crippen molar-refractivity contribution >= 4 is 34.9 Å². The summed E-state index contributed by atoms with van der Waals surface area (Å²) in [6.45, 7) is 1.12. The Morgan fingerprint density at radius 3 is 2.92 bits per heavy atom. The maximum Gasteiger partial charge on any atom is 0.322 e. The molecule has 2 aromatic rings. The highest BCUT2D eigenvalue weighted by atomic mass is 35.5. The van der Waals surface area contributed by atoms with Crippen LogP contribution in [0.4, 0.5) is 10.5 Å². The topological polar surface area (TPSA) is 63.7 Å². The molecule has 1 aliphatic rings. The van der Waals surface area contributed by atoms with Gasteiger partial charge in [-0.25, -0.2) is 4.79 Å². The van der Waals surface area contributed by atoms with Crippen molar-refractivity contribution < 1.29 is 14.3 Å². The van der Waals surface area contributed by atoms with E-state index in [1.807, 2.05) is 0 Å². The zero-order valence-electron chi connectivity index (χ0n) is 14.2. The molecule has 0 unspecified atom stereocenters. The lowest BCUT2D eigenvalue weighted by molar-refractivity contribution is 0.106. The van der Waals surface area contributed by atoms with Crippen molar-refractivity contribution in [2.24, 2.45) is 0 Å². The molecule has 0 bridgehead atoms. The second kappa shape index (κ2) is 8.47. The van der Waals surface area contributed by atoms with Gasteiger partial charge < -0.3 is 19.7 Å². The number of carbonyl (C=O) groups excluding carboxylic acids is 1. The number of aromatic nitrogens is 1. The number of halogens is 2. The van der Waals surface area contributed by atoms with E-state index in [0.29, 0.717) is 40.3 Å². The molecule has 0 radical (unpaired) electrons. The van der Waals surface area contributed by atoms with Crippen molar-refractivity contribution in [1.29, 1.82) is 0 Å². The predicted octanol–water partition coefficient (Wildman–Crippen LogP) is 4.47. The fraction of sp³-hybridized carbons (Fsp3) is 0.333. The standard InChI is InChI=1S/C18H19Cl2N3O3/c1-25-17-5-4-12(19)9-15(17)22-18(24)23-8-2-3-13(11-23)26-16-6-7-21-10-14(16)20/h4-7,9-10,13H,2-3,8,11H2,1H3,(H,22,24)/t13-/m0/s1. The molecule has 1 N–H and O–H groups in total. The van der Waals surface area contributed by atoms with E-state index in [4.69, 9.17) is 32.7 Å². The largest absolute Gasteiger partial charge is 0.495 e. The summed E-state index contributed by atoms with van der Waals surface area (Å²) in [6, 6.07) is 6.58. The highest BCUT2D eigenvalue weighted by molar-refractivity contribution is 6.32. The van der Waals surface area contributed by atoms with Gasteiger partial charge in [0, 0.05) is 30.0 Å². The number of anilines is 1. The number of amides is 2. The highest BCUT2D eigenvalue weighted by Crippen LogP contribution is 2.29. The number of hydrogen-bond acceptors (Lipinski definition) is 4. The van der Waals surface area contributed by atoms with Crippen molar-refractivity contribution in [2.75, 3.05) is 25.5 Å². The smallest absolute Gasteiger partial charge is 0.322 e. The van der Waals surface area contributed by atoms with Gasteiger partial charge in [0.1, 0.15) is 22.6 Å². The lowest BCUT2D eigenvalue weighted by atomic mass is 10.1. The number of ether oxygens (including phenoxy) is 2. The van der Waals surface area contributed by atoms with Gasteiger partial charge in [-0.1, -0.05) is 23.2 Å². The third kappa shape index (κ3) is 4.51. The average Bonchev–Trinajstić information content (AvgIpc) is 2.64. The van der Waals surface area contributed by atoms with Gasteiger partial charge in [-0.05, 0) is 31.0 Å². The van der Waals surface area contributed by atoms with Gasteiger partial charge in [0.25, 0.3) is 0 Å². The van der Waals surface area contributed by atoms with Gasteiger partial charge in [0.2, 0.25) is 0 Å². The predicted molar refractivity (Wildman–Crippen MR) is 101 cm³/mol. The number of rotatable bonds is 4. The minimum absolute atomic E-state index is 0.129. The van der Waals surface area contributed by atoms with Crippen LogP contribution < -0.4 is 14.8 Å². The summed E-state index contributed by atoms with van der Waals surface area (Å²) in [5.74, 6) is 1.13. The number of pyridine rings is 1. The minimum atomic E-state index is -0.223. The normalized spacial score (nSPS) is 16.9. The lowest BCUT2D eigenvalue weighted by Crippen LogP contribution is -2.46. The number of nitrogens with zero attached hydrogens (tertiary/aromatic N) is 2. The number of benzene rings is 1. The Bertz CT molecular complexity index is 788. The summed E-state index contributed by atoms with van der Waals surface area (Å²) in [6.07, 6.45) is 4.72. The Labute approximate surface area is 162 Å². The van der Waals surface area contributed by atoms with Crippen LogP contribution in [0.2, 0.25) is 10.0 Å². The average molecular weight is 396 g/mol. The Balaban J connectivity index is 1.65. The van der Waals surface area contributed by atoms with Crippen LogP contribution in [0.15, 0.2) is 36.7 Å². The van der Waals surface area contributed by atoms with Crippen LogP contribution in [-0.4, -0.2) is 42.2 Å². The lowest BCUT2D eigenvalue weighted by Gasteiger charge is -2.33. The third-order valence-electron chi connectivity index (χ3n) is 4.10. The molecule has 0 saturated carbocycles. The number of carbonyl (C=O) groups is 1. The van der Waals surface area contributed by atoms with E-state index in [1.165, 1.54) is 6.20 Å². The Morgan fingerprint density at radius 1 is 1.31 bits per heavy atom. The molecule has 0 spiro atoms. The van der Waals surface area contributed by atoms with E-state index in [-0.39, 0.29) is 12.1 Å². The number of nitrogens with one attached hydrogen (secondary N) is 1. The fourth-order valence-corrected chi connectivity index (χ4v) is 3.16. The molecule has 6 nitrogen and oxygen atoms in total. The molecule has 138 valence electrons. The maximum atomic E-state index is 12.6. The van der Waals surface area contributed by atoms with E-state index in [9.17, 15) is 4.79 Å². The molecule has 3 rings (SSSR count). The SMILES string of the molecule is COc1ccc(Cl)cc1NC(=O)N1CCC[C@H](Oc2ccncc2Cl)C1. The van der Waals surface area contributed by atoms with Crippen LogP contribution in [0.1, 0.15) is 12.8 Å². The van der Waals surface area contributed by atoms with Gasteiger partial charge in [0.15, 0.2) is 0 Å². The van der Waals surface area contributed by atoms with Gasteiger partial charge in [0.05, 0.1) is 19.3 Å². The van der Waals surface area contributed by atoms with Gasteiger partial charge in [-0.2, -0.15) is 0 Å². The molecule has 1 aromatic carbocycles. The number of methoxy groups -OCH3 is 1. The van der Waals surface area contributed by atoms with Crippen LogP contribution in [-0.2, 0) is 0 Å². The number of hydrogen-bond donors (Lipinski definition) is 1. The summed E-state index contributed by atoms with van der Waals surface area (Å²) in [4.78, 5) is 18.3. The molecule has 1 aromatic heterocycles. The second-order valence-corrected chi connectivity index (χ2v) is 6.75. The minimum Gasteiger partial charge on any atom is -0.495 e. The molecular formula is C18H19Cl2N3O3. The molecule has 26 heavy (non-hydrogen) atoms. The summed E-state index contributed by atoms with van der Waals surface area (Å²) in [5, 5.41) is 3.83. The van der Waals surface area contributed by atoms with Gasteiger partial charge >= 0.3 is 6.03 Å². The highest BCUT2D eigenvalue weighted by Gasteiger charge is 2.26. The van der Waals surface area contributed by atoms with Crippen molar-refractivity contribution in [3.8, 4) is 11.5 Å². The van der Waals surface area contributed by atoms with E-state index in [1.54, 1.807) is 42.5 Å². The Morgan fingerprint density at radius 2 is 2.15 bits per heavy atom. The maximum absolute atomic E-state index is 12.6. The summed E-state index contributed by atoms with van der Waals surface area (Å²) in [7, 11) is 1.54. The molecule has 2 heterocycles. The first-order valence-corrected chi connectivity index (χ1v) is 8.98. The second-order valence-electron chi connectivity index (χ2n) is 5.91. The quantitative estimate of drug-likeness (QED) is 0.828. The first kappa shape index (κ1) is 18.6. The molecule has 8 heteroatoms. The van der Waals surface area contributed by atoms with Crippen molar-refractivity contribution in [3.05, 3.63) is 46.7 Å². The molecule has 1 atom stereocenters. The monoisotopic (exact) mass is 395 g/mol. The van der Waals surface area contributed by atoms with E-state index >= 15 is 0 Å². The van der Waals surface area contributed by atoms with Crippen LogP contribution in [0.25, 0.3) is 0 Å². The van der Waals surface area contributed by atoms with Crippen LogP contribution in [0.3, 0.4) is 0 Å². The molecular weight excluding hydrogens is 377 g/mol. The zero-order chi connectivity index (χ0) is 18.5. The van der Waals surface area contributed by atoms with E-state index in [0.717, 1.165) is 12.8 Å². The Hall–Kier alpha value is -2.18. The van der Waals surface area contributed by atoms with Gasteiger partial charge in [-0.15, -0.1) is 0 Å². The fourth-order valence-electron chi connectivity index (χ4n) is 2.83. The summed E-state index contributed by atoms with van der Waals surface area (Å²) >= 11 is 12.1. The molecule has 1 aliphatic heterocycles. The summed E-state index contributed by atoms with van der Waals surface area (Å²) < 4.78 is 11.2. The van der Waals surface area contributed by atoms with Crippen LogP contribution >= 0.6 is 23.2 Å². The van der Waals surface area contributed by atoms with Gasteiger partial charge in [-0.3, -0.25) is 4.98 Å². The van der Waals surface area contributed by atoms with E-state index < -0.39 is 0 Å². The zero-order valence-corrected chi connectivity index (χ0v) is 15.8. The number of urea groups is 1. The first-order chi connectivity index (χ1) is 12.6. The third-order valence-corrected chi connectivity index (χ3v) is 4.62. The Kier molecular flexibility index (Phi) is 6.06. The molecule has 1 fully saturated rings. The molecule has 0 aliphatic carbocycles. The van der Waals surface area contributed by atoms with Crippen LogP contribution in [0, 0.1) is 0 Å². The first-order valence-electron chi connectivity index (χ1n) is 8.22. The number of likely N-dealkylation sites (tertiary alicyclic amines) is 1. The number of piperidine rings is 1. The van der Waals surface area contributed by atoms with Crippen molar-refractivity contribution in [1.82, 2.24) is 9.88 Å². The van der Waals surface area contributed by atoms with Crippen LogP contribution in [0.5, 0.6) is 11.5 Å². The van der Waals surface area contributed by atoms with Crippen molar-refractivity contribution in [3.63, 3.8) is 0 Å². The van der Waals surface area contributed by atoms with Crippen molar-refractivity contribution in [2.45, 2.75) is 18.9 Å².